The minimum atomic E-state index is -0.838. The maximum absolute atomic E-state index is 13.8. The zero-order valence-corrected chi connectivity index (χ0v) is 12.1. The summed E-state index contributed by atoms with van der Waals surface area (Å²) < 4.78 is 13.8. The van der Waals surface area contributed by atoms with Gasteiger partial charge in [-0.15, -0.1) is 0 Å². The van der Waals surface area contributed by atoms with Crippen LogP contribution >= 0.6 is 11.6 Å². The molecule has 4 heteroatoms. The molecule has 0 saturated carbocycles. The molecule has 1 aromatic rings. The molecule has 0 aromatic heterocycles. The van der Waals surface area contributed by atoms with Gasteiger partial charge in [0, 0.05) is 23.6 Å². The van der Waals surface area contributed by atoms with Crippen molar-refractivity contribution in [3.63, 3.8) is 0 Å². The number of halogens is 2. The molecule has 1 aliphatic rings. The third-order valence-electron chi connectivity index (χ3n) is 4.02. The highest BCUT2D eigenvalue weighted by Crippen LogP contribution is 2.30. The van der Waals surface area contributed by atoms with Crippen LogP contribution in [0.3, 0.4) is 0 Å². The Morgan fingerprint density at radius 1 is 1.37 bits per heavy atom. The van der Waals surface area contributed by atoms with E-state index in [1.807, 2.05) is 0 Å². The van der Waals surface area contributed by atoms with Gasteiger partial charge in [-0.3, -0.25) is 0 Å². The van der Waals surface area contributed by atoms with Crippen LogP contribution < -0.4 is 0 Å². The first kappa shape index (κ1) is 14.8. The Morgan fingerprint density at radius 2 is 2.16 bits per heavy atom. The van der Waals surface area contributed by atoms with Crippen molar-refractivity contribution in [2.75, 3.05) is 19.6 Å². The normalized spacial score (nSPS) is 25.3. The van der Waals surface area contributed by atoms with E-state index in [1.54, 1.807) is 12.1 Å². The summed E-state index contributed by atoms with van der Waals surface area (Å²) >= 11 is 6.05. The van der Waals surface area contributed by atoms with Crippen LogP contribution in [0.1, 0.15) is 31.7 Å². The van der Waals surface area contributed by atoms with E-state index in [0.29, 0.717) is 29.8 Å². The van der Waals surface area contributed by atoms with Crippen molar-refractivity contribution in [2.24, 2.45) is 0 Å². The van der Waals surface area contributed by atoms with E-state index in [2.05, 4.69) is 11.8 Å². The summed E-state index contributed by atoms with van der Waals surface area (Å²) in [6, 6.07) is 4.68. The average Bonchev–Trinajstić information content (AvgIpc) is 2.56. The van der Waals surface area contributed by atoms with Crippen LogP contribution in [0.2, 0.25) is 5.02 Å². The molecule has 1 aromatic carbocycles. The second kappa shape index (κ2) is 6.21. The number of rotatable bonds is 3. The standard InChI is InChI=1S/C15H21ClFNO/c1-2-18-9-4-7-15(19,8-10-18)11-12-13(16)5-3-6-14(12)17/h3,5-6,19H,2,4,7-11H2,1H3. The summed E-state index contributed by atoms with van der Waals surface area (Å²) in [4.78, 5) is 2.32. The van der Waals surface area contributed by atoms with E-state index in [1.165, 1.54) is 6.07 Å². The van der Waals surface area contributed by atoms with Gasteiger partial charge >= 0.3 is 0 Å². The molecule has 2 rings (SSSR count). The highest BCUT2D eigenvalue weighted by atomic mass is 35.5. The average molecular weight is 286 g/mol. The molecule has 0 spiro atoms. The molecule has 0 amide bonds. The molecule has 1 fully saturated rings. The fourth-order valence-corrected chi connectivity index (χ4v) is 2.99. The number of benzene rings is 1. The lowest BCUT2D eigenvalue weighted by molar-refractivity contribution is 0.0251. The Bertz CT molecular complexity index is 420. The molecule has 106 valence electrons. The van der Waals surface area contributed by atoms with E-state index in [0.717, 1.165) is 26.1 Å². The molecule has 0 bridgehead atoms. The van der Waals surface area contributed by atoms with Crippen LogP contribution in [0.25, 0.3) is 0 Å². The Balaban J connectivity index is 2.12. The smallest absolute Gasteiger partial charge is 0.127 e. The van der Waals surface area contributed by atoms with Gasteiger partial charge < -0.3 is 10.0 Å². The lowest BCUT2D eigenvalue weighted by atomic mass is 9.87. The van der Waals surface area contributed by atoms with Gasteiger partial charge in [0.1, 0.15) is 5.82 Å². The number of nitrogens with zero attached hydrogens (tertiary/aromatic N) is 1. The van der Waals surface area contributed by atoms with Crippen LogP contribution in [0.5, 0.6) is 0 Å². The zero-order chi connectivity index (χ0) is 13.9. The van der Waals surface area contributed by atoms with Crippen molar-refractivity contribution < 1.29 is 9.50 Å². The predicted molar refractivity (Wildman–Crippen MR) is 76.0 cm³/mol. The van der Waals surface area contributed by atoms with Gasteiger partial charge in [0.15, 0.2) is 0 Å². The molecule has 0 radical (unpaired) electrons. The molecular formula is C15H21ClFNO. The van der Waals surface area contributed by atoms with Crippen molar-refractivity contribution in [1.29, 1.82) is 0 Å². The highest BCUT2D eigenvalue weighted by molar-refractivity contribution is 6.31. The first-order valence-electron chi connectivity index (χ1n) is 6.92. The van der Waals surface area contributed by atoms with E-state index >= 15 is 0 Å². The molecule has 1 unspecified atom stereocenters. The van der Waals surface area contributed by atoms with Gasteiger partial charge in [-0.25, -0.2) is 4.39 Å². The molecule has 1 saturated heterocycles. The van der Waals surface area contributed by atoms with Crippen LogP contribution in [0, 0.1) is 5.82 Å². The topological polar surface area (TPSA) is 23.5 Å². The summed E-state index contributed by atoms with van der Waals surface area (Å²) in [7, 11) is 0. The summed E-state index contributed by atoms with van der Waals surface area (Å²) in [5.74, 6) is -0.322. The van der Waals surface area contributed by atoms with Crippen LogP contribution in [0.15, 0.2) is 18.2 Å². The second-order valence-electron chi connectivity index (χ2n) is 5.39. The van der Waals surface area contributed by atoms with Gasteiger partial charge in [-0.1, -0.05) is 24.6 Å². The van der Waals surface area contributed by atoms with Gasteiger partial charge in [0.05, 0.1) is 5.60 Å². The number of aliphatic hydroxyl groups is 1. The van der Waals surface area contributed by atoms with Gasteiger partial charge in [-0.05, 0) is 44.5 Å². The fourth-order valence-electron chi connectivity index (χ4n) is 2.76. The molecule has 1 atom stereocenters. The maximum Gasteiger partial charge on any atom is 0.127 e. The van der Waals surface area contributed by atoms with E-state index in [-0.39, 0.29) is 5.82 Å². The van der Waals surface area contributed by atoms with E-state index < -0.39 is 5.60 Å². The quantitative estimate of drug-likeness (QED) is 0.921. The first-order chi connectivity index (χ1) is 9.04. The molecular weight excluding hydrogens is 265 g/mol. The van der Waals surface area contributed by atoms with Crippen molar-refractivity contribution in [3.8, 4) is 0 Å². The van der Waals surface area contributed by atoms with Crippen molar-refractivity contribution in [3.05, 3.63) is 34.6 Å². The Hall–Kier alpha value is -0.640. The Morgan fingerprint density at radius 3 is 2.84 bits per heavy atom. The Kier molecular flexibility index (Phi) is 4.82. The van der Waals surface area contributed by atoms with Crippen molar-refractivity contribution in [1.82, 2.24) is 4.90 Å². The second-order valence-corrected chi connectivity index (χ2v) is 5.80. The summed E-state index contributed by atoms with van der Waals surface area (Å²) in [6.45, 7) is 4.98. The third-order valence-corrected chi connectivity index (χ3v) is 4.38. The third kappa shape index (κ3) is 3.68. The summed E-state index contributed by atoms with van der Waals surface area (Å²) in [5, 5.41) is 11.1. The highest BCUT2D eigenvalue weighted by Gasteiger charge is 2.31. The Labute approximate surface area is 119 Å². The fraction of sp³-hybridized carbons (Fsp3) is 0.600. The largest absolute Gasteiger partial charge is 0.389 e. The van der Waals surface area contributed by atoms with Crippen molar-refractivity contribution in [2.45, 2.75) is 38.2 Å². The molecule has 1 heterocycles. The maximum atomic E-state index is 13.8. The number of hydrogen-bond acceptors (Lipinski definition) is 2. The van der Waals surface area contributed by atoms with Gasteiger partial charge in [0.25, 0.3) is 0 Å². The van der Waals surface area contributed by atoms with E-state index in [4.69, 9.17) is 11.6 Å². The van der Waals surface area contributed by atoms with Crippen LogP contribution in [-0.2, 0) is 6.42 Å². The monoisotopic (exact) mass is 285 g/mol. The lowest BCUT2D eigenvalue weighted by Gasteiger charge is -2.27. The molecule has 1 N–H and O–H groups in total. The molecule has 19 heavy (non-hydrogen) atoms. The minimum Gasteiger partial charge on any atom is -0.389 e. The van der Waals surface area contributed by atoms with Crippen molar-refractivity contribution >= 4 is 11.6 Å². The number of hydrogen-bond donors (Lipinski definition) is 1. The molecule has 0 aliphatic carbocycles. The molecule has 1 aliphatic heterocycles. The molecule has 2 nitrogen and oxygen atoms in total. The summed E-state index contributed by atoms with van der Waals surface area (Å²) in [6.07, 6.45) is 2.62. The minimum absolute atomic E-state index is 0.302. The predicted octanol–water partition coefficient (Wildman–Crippen LogP) is 3.26. The van der Waals surface area contributed by atoms with E-state index in [9.17, 15) is 9.50 Å². The van der Waals surface area contributed by atoms with Crippen LogP contribution in [0.4, 0.5) is 4.39 Å². The van der Waals surface area contributed by atoms with Gasteiger partial charge in [-0.2, -0.15) is 0 Å². The number of likely N-dealkylation sites (tertiary alicyclic amines) is 1. The summed E-state index contributed by atoms with van der Waals surface area (Å²) in [5.41, 5.74) is -0.396. The zero-order valence-electron chi connectivity index (χ0n) is 11.3. The first-order valence-corrected chi connectivity index (χ1v) is 7.29. The SMILES string of the molecule is CCN1CCCC(O)(Cc2c(F)cccc2Cl)CC1. The lowest BCUT2D eigenvalue weighted by Crippen LogP contribution is -2.33. The van der Waals surface area contributed by atoms with Crippen LogP contribution in [-0.4, -0.2) is 35.2 Å². The van der Waals surface area contributed by atoms with Gasteiger partial charge in [0.2, 0.25) is 0 Å².